The normalized spacial score (nSPS) is 14.2. The number of nitrogens with zero attached hydrogens (tertiary/aromatic N) is 1. The monoisotopic (exact) mass is 535 g/mol. The van der Waals surface area contributed by atoms with Gasteiger partial charge in [0.1, 0.15) is 0 Å². The van der Waals surface area contributed by atoms with Gasteiger partial charge in [-0.2, -0.15) is 8.42 Å². The maximum atomic E-state index is 11.8. The molecule has 4 rings (SSSR count). The fraction of sp³-hybridized carbons (Fsp3) is 0.233. The Morgan fingerprint density at radius 1 is 0.946 bits per heavy atom. The first-order valence-electron chi connectivity index (χ1n) is 12.0. The van der Waals surface area contributed by atoms with Gasteiger partial charge in [0.05, 0.1) is 29.7 Å². The zero-order chi connectivity index (χ0) is 26.7. The van der Waals surface area contributed by atoms with Crippen molar-refractivity contribution in [1.82, 2.24) is 4.98 Å². The molecule has 0 radical (unpaired) electrons. The molecule has 3 aromatic carbocycles. The third-order valence-corrected chi connectivity index (χ3v) is 7.19. The van der Waals surface area contributed by atoms with Gasteiger partial charge in [-0.3, -0.25) is 4.18 Å². The maximum absolute atomic E-state index is 11.8. The summed E-state index contributed by atoms with van der Waals surface area (Å²) < 4.78 is 28.9. The summed E-state index contributed by atoms with van der Waals surface area (Å²) in [5, 5.41) is 12.7. The molecule has 0 bridgehead atoms. The largest absolute Gasteiger partial charge is 0.386 e. The molecule has 0 saturated carbocycles. The summed E-state index contributed by atoms with van der Waals surface area (Å²) in [5.74, 6) is 0. The van der Waals surface area contributed by atoms with Crippen molar-refractivity contribution < 1.29 is 17.7 Å². The first-order valence-corrected chi connectivity index (χ1v) is 14.2. The standard InChI is InChI=1S/C30H30ClNO4S/c1-29(2,33)26-11-7-8-12-27(26)30(19-20-36-37(3,34)35,23-9-5-4-6-10-23)18-17-25-16-14-22-13-15-24(31)21-28(22)32-25/h4-18,21,33H,19-20H2,1-3H3. The van der Waals surface area contributed by atoms with Crippen LogP contribution >= 0.6 is 11.6 Å². The molecule has 37 heavy (non-hydrogen) atoms. The molecule has 0 aliphatic rings. The van der Waals surface area contributed by atoms with Gasteiger partial charge < -0.3 is 5.11 Å². The van der Waals surface area contributed by atoms with Crippen LogP contribution in [0.4, 0.5) is 0 Å². The van der Waals surface area contributed by atoms with E-state index in [9.17, 15) is 13.5 Å². The van der Waals surface area contributed by atoms with Crippen molar-refractivity contribution in [3.05, 3.63) is 118 Å². The lowest BCUT2D eigenvalue weighted by atomic mass is 9.68. The summed E-state index contributed by atoms with van der Waals surface area (Å²) in [4.78, 5) is 4.77. The number of aromatic nitrogens is 1. The summed E-state index contributed by atoms with van der Waals surface area (Å²) in [6.07, 6.45) is 5.31. The fourth-order valence-corrected chi connectivity index (χ4v) is 5.18. The van der Waals surface area contributed by atoms with Gasteiger partial charge in [-0.1, -0.05) is 84.4 Å². The molecule has 0 aliphatic carbocycles. The van der Waals surface area contributed by atoms with Gasteiger partial charge in [0, 0.05) is 15.8 Å². The second-order valence-electron chi connectivity index (χ2n) is 9.62. The molecular formula is C30H30ClNO4S. The number of aliphatic hydroxyl groups is 1. The topological polar surface area (TPSA) is 76.5 Å². The lowest BCUT2D eigenvalue weighted by molar-refractivity contribution is 0.0766. The van der Waals surface area contributed by atoms with Crippen LogP contribution in [0, 0.1) is 0 Å². The average molecular weight is 536 g/mol. The van der Waals surface area contributed by atoms with Gasteiger partial charge in [0.2, 0.25) is 0 Å². The van der Waals surface area contributed by atoms with Crippen molar-refractivity contribution in [3.63, 3.8) is 0 Å². The highest BCUT2D eigenvalue weighted by Gasteiger charge is 2.36. The Balaban J connectivity index is 1.93. The van der Waals surface area contributed by atoms with E-state index in [1.165, 1.54) is 0 Å². The van der Waals surface area contributed by atoms with E-state index in [0.717, 1.165) is 39.5 Å². The first kappa shape index (κ1) is 27.0. The van der Waals surface area contributed by atoms with Crippen LogP contribution in [0.3, 0.4) is 0 Å². The second kappa shape index (κ2) is 10.8. The molecule has 1 aromatic heterocycles. The molecular weight excluding hydrogens is 506 g/mol. The van der Waals surface area contributed by atoms with Crippen LogP contribution in [0.1, 0.15) is 42.7 Å². The summed E-state index contributed by atoms with van der Waals surface area (Å²) in [7, 11) is -3.64. The molecule has 192 valence electrons. The van der Waals surface area contributed by atoms with Crippen LogP contribution in [0.2, 0.25) is 5.02 Å². The first-order chi connectivity index (χ1) is 17.5. The molecule has 0 spiro atoms. The predicted octanol–water partition coefficient (Wildman–Crippen LogP) is 6.48. The van der Waals surface area contributed by atoms with Gasteiger partial charge in [-0.05, 0) is 61.2 Å². The molecule has 0 fully saturated rings. The van der Waals surface area contributed by atoms with Crippen LogP contribution in [0.15, 0.2) is 91.0 Å². The molecule has 1 unspecified atom stereocenters. The van der Waals surface area contributed by atoms with Crippen molar-refractivity contribution in [1.29, 1.82) is 0 Å². The molecule has 4 aromatic rings. The molecule has 7 heteroatoms. The number of halogens is 1. The number of allylic oxidation sites excluding steroid dienone is 1. The van der Waals surface area contributed by atoms with E-state index in [4.69, 9.17) is 20.8 Å². The Kier molecular flexibility index (Phi) is 7.85. The van der Waals surface area contributed by atoms with E-state index < -0.39 is 21.1 Å². The van der Waals surface area contributed by atoms with Gasteiger partial charge in [0.15, 0.2) is 0 Å². The van der Waals surface area contributed by atoms with Crippen molar-refractivity contribution in [2.75, 3.05) is 12.9 Å². The number of pyridine rings is 1. The van der Waals surface area contributed by atoms with Crippen LogP contribution in [0.5, 0.6) is 0 Å². The van der Waals surface area contributed by atoms with E-state index in [2.05, 4.69) is 0 Å². The van der Waals surface area contributed by atoms with E-state index in [1.54, 1.807) is 13.8 Å². The van der Waals surface area contributed by atoms with Gasteiger partial charge >= 0.3 is 0 Å². The minimum Gasteiger partial charge on any atom is -0.386 e. The number of fused-ring (bicyclic) bond motifs is 1. The highest BCUT2D eigenvalue weighted by Crippen LogP contribution is 2.42. The SMILES string of the molecule is CC(C)(O)c1ccccc1C(C=Cc1ccc2ccc(Cl)cc2n1)(CCOS(C)(=O)=O)c1ccccc1. The summed E-state index contributed by atoms with van der Waals surface area (Å²) >= 11 is 6.19. The fourth-order valence-electron chi connectivity index (χ4n) is 4.63. The zero-order valence-electron chi connectivity index (χ0n) is 21.1. The molecule has 5 nitrogen and oxygen atoms in total. The predicted molar refractivity (Wildman–Crippen MR) is 150 cm³/mol. The molecule has 1 atom stereocenters. The smallest absolute Gasteiger partial charge is 0.264 e. The quantitative estimate of drug-likeness (QED) is 0.248. The van der Waals surface area contributed by atoms with Crippen molar-refractivity contribution >= 4 is 38.7 Å². The van der Waals surface area contributed by atoms with Crippen LogP contribution in [-0.4, -0.2) is 31.4 Å². The minimum atomic E-state index is -3.64. The van der Waals surface area contributed by atoms with Crippen LogP contribution < -0.4 is 0 Å². The summed E-state index contributed by atoms with van der Waals surface area (Å²) in [5.41, 5.74) is 2.06. The highest BCUT2D eigenvalue weighted by molar-refractivity contribution is 7.85. The maximum Gasteiger partial charge on any atom is 0.264 e. The van der Waals surface area contributed by atoms with Gasteiger partial charge in [-0.25, -0.2) is 4.98 Å². The number of rotatable bonds is 9. The van der Waals surface area contributed by atoms with E-state index >= 15 is 0 Å². The van der Waals surface area contributed by atoms with Crippen molar-refractivity contribution in [2.24, 2.45) is 0 Å². The Morgan fingerprint density at radius 2 is 1.59 bits per heavy atom. The van der Waals surface area contributed by atoms with Gasteiger partial charge in [-0.15, -0.1) is 0 Å². The Morgan fingerprint density at radius 3 is 2.27 bits per heavy atom. The zero-order valence-corrected chi connectivity index (χ0v) is 22.6. The minimum absolute atomic E-state index is 0.0426. The number of hydrogen-bond acceptors (Lipinski definition) is 5. The Bertz CT molecular complexity index is 1530. The lowest BCUT2D eigenvalue weighted by Crippen LogP contribution is -2.32. The van der Waals surface area contributed by atoms with Crippen LogP contribution in [0.25, 0.3) is 17.0 Å². The molecule has 0 amide bonds. The number of hydrogen-bond donors (Lipinski definition) is 1. The molecule has 1 N–H and O–H groups in total. The Hall–Kier alpha value is -3.03. The van der Waals surface area contributed by atoms with Crippen molar-refractivity contribution in [2.45, 2.75) is 31.3 Å². The van der Waals surface area contributed by atoms with Crippen LogP contribution in [-0.2, 0) is 25.3 Å². The molecule has 0 saturated heterocycles. The Labute approximate surface area is 223 Å². The summed E-state index contributed by atoms with van der Waals surface area (Å²) in [6.45, 7) is 3.44. The second-order valence-corrected chi connectivity index (χ2v) is 11.7. The molecule has 0 aliphatic heterocycles. The summed E-state index contributed by atoms with van der Waals surface area (Å²) in [6, 6.07) is 27.0. The number of benzene rings is 3. The van der Waals surface area contributed by atoms with Gasteiger partial charge in [0.25, 0.3) is 10.1 Å². The molecule has 1 heterocycles. The third kappa shape index (κ3) is 6.46. The highest BCUT2D eigenvalue weighted by atomic mass is 35.5. The average Bonchev–Trinajstić information content (AvgIpc) is 2.85. The van der Waals surface area contributed by atoms with Crippen molar-refractivity contribution in [3.8, 4) is 0 Å². The van der Waals surface area contributed by atoms with E-state index in [-0.39, 0.29) is 6.61 Å². The third-order valence-electron chi connectivity index (χ3n) is 6.36. The lowest BCUT2D eigenvalue weighted by Gasteiger charge is -2.36. The van der Waals surface area contributed by atoms with E-state index in [1.807, 2.05) is 97.1 Å². The van der Waals surface area contributed by atoms with E-state index in [0.29, 0.717) is 11.4 Å².